The number of aromatic amines is 2. The molecule has 10 heavy (non-hydrogen) atoms. The minimum atomic E-state index is 1.02. The van der Waals surface area contributed by atoms with E-state index in [0.29, 0.717) is 0 Å². The van der Waals surface area contributed by atoms with E-state index in [1.54, 1.807) is 0 Å². The van der Waals surface area contributed by atoms with Crippen molar-refractivity contribution in [3.8, 4) is 0 Å². The molecule has 2 heteroatoms. The molecule has 0 fully saturated rings. The largest absolute Gasteiger partial charge is 0.200 e. The van der Waals surface area contributed by atoms with E-state index >= 15 is 0 Å². The molecule has 1 aromatic heterocycles. The number of allylic oxidation sites excluding steroid dienone is 2. The van der Waals surface area contributed by atoms with E-state index in [9.17, 15) is 0 Å². The topological polar surface area (TPSA) is 29.9 Å². The van der Waals surface area contributed by atoms with Crippen LogP contribution >= 0.6 is 0 Å². The molecule has 0 aliphatic heterocycles. The molecule has 2 rings (SSSR count). The number of hydrogen-bond donors (Lipinski definition) is 1. The van der Waals surface area contributed by atoms with Crippen molar-refractivity contribution in [1.82, 2.24) is 5.10 Å². The fourth-order valence-corrected chi connectivity index (χ4v) is 1.09. The Morgan fingerprint density at radius 2 is 2.50 bits per heavy atom. The molecule has 0 spiro atoms. The molecule has 50 valence electrons. The third-order valence-electron chi connectivity index (χ3n) is 1.62. The summed E-state index contributed by atoms with van der Waals surface area (Å²) in [4.78, 5) is 0. The monoisotopic (exact) mass is 133 g/mol. The van der Waals surface area contributed by atoms with E-state index < -0.39 is 0 Å². The quantitative estimate of drug-likeness (QED) is 0.487. The van der Waals surface area contributed by atoms with Crippen LogP contribution in [-0.2, 0) is 0 Å². The highest BCUT2D eigenvalue weighted by Gasteiger charge is 1.91. The first-order valence-corrected chi connectivity index (χ1v) is 3.39. The van der Waals surface area contributed by atoms with Gasteiger partial charge in [-0.15, -0.1) is 5.10 Å². The Kier molecular flexibility index (Phi) is 1.17. The number of fused-ring (bicyclic) bond motifs is 1. The maximum Gasteiger partial charge on any atom is 0.200 e. The van der Waals surface area contributed by atoms with Gasteiger partial charge in [0, 0.05) is 0 Å². The van der Waals surface area contributed by atoms with Gasteiger partial charge in [0.25, 0.3) is 0 Å². The van der Waals surface area contributed by atoms with Gasteiger partial charge in [-0.05, 0) is 12.5 Å². The molecular formula is C8H9N2+. The van der Waals surface area contributed by atoms with E-state index in [1.165, 1.54) is 5.22 Å². The summed E-state index contributed by atoms with van der Waals surface area (Å²) in [5, 5.41) is 8.40. The van der Waals surface area contributed by atoms with Crippen molar-refractivity contribution in [1.29, 1.82) is 0 Å². The summed E-state index contributed by atoms with van der Waals surface area (Å²) in [5.74, 6) is 0. The minimum absolute atomic E-state index is 1.02. The second-order valence-corrected chi connectivity index (χ2v) is 2.32. The van der Waals surface area contributed by atoms with Gasteiger partial charge in [0.05, 0.1) is 5.22 Å². The summed E-state index contributed by atoms with van der Waals surface area (Å²) in [6.45, 7) is 0. The Balaban J connectivity index is 2.82. The Bertz CT molecular complexity index is 357. The second-order valence-electron chi connectivity index (χ2n) is 2.32. The van der Waals surface area contributed by atoms with E-state index in [4.69, 9.17) is 0 Å². The summed E-state index contributed by atoms with van der Waals surface area (Å²) in [5.41, 5.74) is 0. The molecule has 0 amide bonds. The minimum Gasteiger partial charge on any atom is -0.167 e. The lowest BCUT2D eigenvalue weighted by Crippen LogP contribution is -2.21. The Labute approximate surface area is 58.6 Å². The third-order valence-corrected chi connectivity index (χ3v) is 1.62. The molecule has 2 N–H and O–H groups in total. The molecule has 1 aromatic rings. The normalized spacial score (nSPS) is 14.8. The molecule has 0 aromatic carbocycles. The summed E-state index contributed by atoms with van der Waals surface area (Å²) in [7, 11) is 0. The third kappa shape index (κ3) is 0.778. The van der Waals surface area contributed by atoms with Gasteiger partial charge in [-0.25, -0.2) is 0 Å². The number of rotatable bonds is 0. The van der Waals surface area contributed by atoms with Gasteiger partial charge in [-0.1, -0.05) is 18.2 Å². The molecule has 0 radical (unpaired) electrons. The molecule has 0 saturated heterocycles. The molecule has 0 unspecified atom stereocenters. The smallest absolute Gasteiger partial charge is 0.167 e. The number of H-pyrrole nitrogens is 2. The average molecular weight is 133 g/mol. The molecule has 0 saturated carbocycles. The average Bonchev–Trinajstić information content (AvgIpc) is 2.28. The standard InChI is InChI=1S/C8H8N2/c1-2-4-7-6-9-10-8(7)5-3-1/h1,3-6,10H,2H2/p+1. The first-order chi connectivity index (χ1) is 4.97. The first kappa shape index (κ1) is 5.47. The SMILES string of the molecule is C1=CCC=c2c[nH+][nH]c2=C1. The molecule has 2 nitrogen and oxygen atoms in total. The van der Waals surface area contributed by atoms with Gasteiger partial charge < -0.3 is 0 Å². The highest BCUT2D eigenvalue weighted by atomic mass is 15.1. The Morgan fingerprint density at radius 1 is 1.50 bits per heavy atom. The fourth-order valence-electron chi connectivity index (χ4n) is 1.09. The van der Waals surface area contributed by atoms with E-state index in [2.05, 4.69) is 34.5 Å². The lowest BCUT2D eigenvalue weighted by Gasteiger charge is -1.70. The summed E-state index contributed by atoms with van der Waals surface area (Å²) < 4.78 is 0. The lowest BCUT2D eigenvalue weighted by atomic mass is 10.3. The van der Waals surface area contributed by atoms with Crippen LogP contribution in [0.25, 0.3) is 12.2 Å². The van der Waals surface area contributed by atoms with Crippen molar-refractivity contribution in [2.45, 2.75) is 6.42 Å². The van der Waals surface area contributed by atoms with Gasteiger partial charge in [0.15, 0.2) is 6.20 Å². The molecular weight excluding hydrogens is 124 g/mol. The van der Waals surface area contributed by atoms with Crippen molar-refractivity contribution in [3.05, 3.63) is 28.9 Å². The van der Waals surface area contributed by atoms with Crippen LogP contribution in [0.15, 0.2) is 18.3 Å². The van der Waals surface area contributed by atoms with Crippen LogP contribution in [0.2, 0.25) is 0 Å². The molecule has 1 aliphatic carbocycles. The highest BCUT2D eigenvalue weighted by Crippen LogP contribution is 1.85. The van der Waals surface area contributed by atoms with Crippen LogP contribution in [0.4, 0.5) is 0 Å². The maximum absolute atomic E-state index is 3.03. The fraction of sp³-hybridized carbons (Fsp3) is 0.125. The van der Waals surface area contributed by atoms with Gasteiger partial charge in [0.1, 0.15) is 5.35 Å². The van der Waals surface area contributed by atoms with Crippen molar-refractivity contribution >= 4 is 12.2 Å². The Morgan fingerprint density at radius 3 is 3.50 bits per heavy atom. The van der Waals surface area contributed by atoms with Gasteiger partial charge in [-0.2, -0.15) is 5.10 Å². The summed E-state index contributed by atoms with van der Waals surface area (Å²) >= 11 is 0. The van der Waals surface area contributed by atoms with E-state index in [0.717, 1.165) is 11.8 Å². The molecule has 0 atom stereocenters. The zero-order valence-corrected chi connectivity index (χ0v) is 5.59. The number of hydrogen-bond acceptors (Lipinski definition) is 0. The van der Waals surface area contributed by atoms with Crippen molar-refractivity contribution < 1.29 is 5.10 Å². The zero-order chi connectivity index (χ0) is 6.81. The maximum atomic E-state index is 3.03. The first-order valence-electron chi connectivity index (χ1n) is 3.39. The predicted molar refractivity (Wildman–Crippen MR) is 39.3 cm³/mol. The van der Waals surface area contributed by atoms with Gasteiger partial charge in [-0.3, -0.25) is 0 Å². The summed E-state index contributed by atoms with van der Waals surface area (Å²) in [6.07, 6.45) is 11.4. The van der Waals surface area contributed by atoms with Crippen LogP contribution in [0.1, 0.15) is 6.42 Å². The van der Waals surface area contributed by atoms with Gasteiger partial charge in [0.2, 0.25) is 0 Å². The molecule has 1 aliphatic rings. The number of nitrogens with one attached hydrogen (secondary N) is 2. The molecule has 0 bridgehead atoms. The predicted octanol–water partition coefficient (Wildman–Crippen LogP) is -0.650. The van der Waals surface area contributed by atoms with Crippen LogP contribution in [0, 0.1) is 0 Å². The highest BCUT2D eigenvalue weighted by molar-refractivity contribution is 5.40. The van der Waals surface area contributed by atoms with Crippen LogP contribution in [0.3, 0.4) is 0 Å². The second kappa shape index (κ2) is 2.14. The van der Waals surface area contributed by atoms with Crippen molar-refractivity contribution in [2.75, 3.05) is 0 Å². The van der Waals surface area contributed by atoms with E-state index in [-0.39, 0.29) is 0 Å². The molecule has 1 heterocycles. The van der Waals surface area contributed by atoms with Crippen molar-refractivity contribution in [3.63, 3.8) is 0 Å². The lowest BCUT2D eigenvalue weighted by molar-refractivity contribution is -0.450. The zero-order valence-electron chi connectivity index (χ0n) is 5.59. The van der Waals surface area contributed by atoms with Crippen LogP contribution in [-0.4, -0.2) is 5.10 Å². The van der Waals surface area contributed by atoms with Gasteiger partial charge >= 0.3 is 0 Å². The van der Waals surface area contributed by atoms with Crippen molar-refractivity contribution in [2.24, 2.45) is 0 Å². The van der Waals surface area contributed by atoms with Crippen LogP contribution in [0.5, 0.6) is 0 Å². The van der Waals surface area contributed by atoms with E-state index in [1.807, 2.05) is 6.20 Å². The van der Waals surface area contributed by atoms with Crippen LogP contribution < -0.4 is 15.7 Å². The number of aromatic nitrogens is 2. The Hall–Kier alpha value is -1.31. The summed E-state index contributed by atoms with van der Waals surface area (Å²) in [6, 6.07) is 0.